The third kappa shape index (κ3) is 8.07. The van der Waals surface area contributed by atoms with Gasteiger partial charge in [-0.25, -0.2) is 4.98 Å². The molecule has 2 aromatic rings. The molecule has 13 nitrogen and oxygen atoms in total. The molecule has 3 aliphatic heterocycles. The third-order valence-electron chi connectivity index (χ3n) is 14.5. The van der Waals surface area contributed by atoms with E-state index in [1.165, 1.54) is 0 Å². The second-order valence-electron chi connectivity index (χ2n) is 18.9. The van der Waals surface area contributed by atoms with Crippen LogP contribution in [0.4, 0.5) is 0 Å². The number of nitrogens with zero attached hydrogens (tertiary/aromatic N) is 5. The number of aromatic nitrogens is 1. The SMILES string of the molecule is C=C(C(=O)NC1CCC(=O)NC1=O)[C@](C)(C(C)OC)N1CCC(N(C)C2CC(C#Cc3ccc4c(n3)CN([C@H]3C(C)(C)[C@H](Oc5ccc(C#N)c(Cl)c5)C3(C)C)C4=O)C2)CC1. The Bertz CT molecular complexity index is 2210. The van der Waals surface area contributed by atoms with Gasteiger partial charge in [-0.3, -0.25) is 29.4 Å². The minimum Gasteiger partial charge on any atom is -0.489 e. The zero-order valence-corrected chi connectivity index (χ0v) is 37.3. The number of halogens is 1. The Morgan fingerprint density at radius 2 is 1.79 bits per heavy atom. The Labute approximate surface area is 364 Å². The molecule has 4 fully saturated rings. The molecule has 4 heterocycles. The normalized spacial score (nSPS) is 27.3. The lowest BCUT2D eigenvalue weighted by Gasteiger charge is -2.65. The monoisotopic (exact) mass is 851 g/mol. The highest BCUT2D eigenvalue weighted by atomic mass is 35.5. The summed E-state index contributed by atoms with van der Waals surface area (Å²) in [6, 6.07) is 10.8. The van der Waals surface area contributed by atoms with Crippen LogP contribution in [0.2, 0.25) is 5.02 Å². The van der Waals surface area contributed by atoms with E-state index in [0.29, 0.717) is 51.8 Å². The number of likely N-dealkylation sites (tertiary alicyclic amines) is 1. The van der Waals surface area contributed by atoms with Crippen LogP contribution in [-0.4, -0.2) is 112 Å². The fraction of sp³-hybridized carbons (Fsp3) is 0.574. The summed E-state index contributed by atoms with van der Waals surface area (Å²) in [6.07, 6.45) is 3.68. The van der Waals surface area contributed by atoms with E-state index in [0.717, 1.165) is 44.5 Å². The predicted octanol–water partition coefficient (Wildman–Crippen LogP) is 5.24. The standard InChI is InChI=1S/C47H58ClN7O6/c1-27(40(57)51-37-16-17-39(56)52-41(37)58)47(7,28(2)60-9)54-20-18-32(19-21-54)53(8)33-22-29(23-33)10-12-31-13-15-35-38(50-31)26-55(42(35)59)43-45(3,4)44(46(43,5)6)61-34-14-11-30(25-49)36(48)24-34/h11,13-15,24,28-29,32-33,37,43-44H,1,16-23,26H2,2-9H3,(H,51,57)(H,52,56,58)/t28?,29?,33?,37?,43-,44-,47-/m1/s1. The van der Waals surface area contributed by atoms with E-state index in [2.05, 4.69) is 79.7 Å². The number of hydrogen-bond acceptors (Lipinski definition) is 10. The van der Waals surface area contributed by atoms with Gasteiger partial charge in [-0.1, -0.05) is 51.8 Å². The largest absolute Gasteiger partial charge is 0.489 e. The highest BCUT2D eigenvalue weighted by Gasteiger charge is 2.67. The number of pyridine rings is 1. The number of methoxy groups -OCH3 is 1. The molecule has 2 saturated heterocycles. The molecule has 324 valence electrons. The molecule has 2 unspecified atom stereocenters. The Morgan fingerprint density at radius 1 is 1.10 bits per heavy atom. The van der Waals surface area contributed by atoms with Gasteiger partial charge in [0.05, 0.1) is 40.0 Å². The molecule has 0 spiro atoms. The van der Waals surface area contributed by atoms with E-state index < -0.39 is 23.4 Å². The van der Waals surface area contributed by atoms with Crippen LogP contribution in [0.5, 0.6) is 5.75 Å². The molecule has 2 N–H and O–H groups in total. The molecule has 7 rings (SSSR count). The van der Waals surface area contributed by atoms with Gasteiger partial charge < -0.3 is 24.6 Å². The topological polar surface area (TPSA) is 157 Å². The van der Waals surface area contributed by atoms with Crippen LogP contribution in [0.15, 0.2) is 42.5 Å². The number of benzene rings is 1. The second-order valence-corrected chi connectivity index (χ2v) is 19.3. The molecule has 2 saturated carbocycles. The van der Waals surface area contributed by atoms with Crippen molar-refractivity contribution in [3.8, 4) is 23.7 Å². The first-order chi connectivity index (χ1) is 28.8. The summed E-state index contributed by atoms with van der Waals surface area (Å²) in [6.45, 7) is 18.5. The minimum absolute atomic E-state index is 0.0261. The number of nitrogens with one attached hydrogen (secondary N) is 2. The first-order valence-electron chi connectivity index (χ1n) is 21.3. The summed E-state index contributed by atoms with van der Waals surface area (Å²) in [4.78, 5) is 62.8. The lowest BCUT2D eigenvalue weighted by atomic mass is 9.49. The molecule has 1 aromatic carbocycles. The van der Waals surface area contributed by atoms with Gasteiger partial charge in [-0.2, -0.15) is 5.26 Å². The van der Waals surface area contributed by atoms with Gasteiger partial charge in [0.2, 0.25) is 17.7 Å². The van der Waals surface area contributed by atoms with Crippen LogP contribution in [0.1, 0.15) is 107 Å². The third-order valence-corrected chi connectivity index (χ3v) is 14.9. The average molecular weight is 852 g/mol. The summed E-state index contributed by atoms with van der Waals surface area (Å²) in [7, 11) is 3.83. The van der Waals surface area contributed by atoms with E-state index in [4.69, 9.17) is 26.1 Å². The van der Waals surface area contributed by atoms with Crippen molar-refractivity contribution in [1.29, 1.82) is 5.26 Å². The number of carbonyl (C=O) groups excluding carboxylic acids is 4. The maximum atomic E-state index is 13.8. The van der Waals surface area contributed by atoms with Crippen molar-refractivity contribution in [3.63, 3.8) is 0 Å². The molecule has 0 bridgehead atoms. The van der Waals surface area contributed by atoms with Crippen LogP contribution in [0.25, 0.3) is 0 Å². The second kappa shape index (κ2) is 16.8. The molecule has 5 aliphatic rings. The minimum atomic E-state index is -0.802. The number of piperidine rings is 2. The Morgan fingerprint density at radius 3 is 2.41 bits per heavy atom. The molecule has 14 heteroatoms. The van der Waals surface area contributed by atoms with E-state index in [9.17, 15) is 24.4 Å². The van der Waals surface area contributed by atoms with Crippen molar-refractivity contribution < 1.29 is 28.7 Å². The average Bonchev–Trinajstić information content (AvgIpc) is 3.52. The highest BCUT2D eigenvalue weighted by Crippen LogP contribution is 2.59. The van der Waals surface area contributed by atoms with Gasteiger partial charge in [0.15, 0.2) is 0 Å². The summed E-state index contributed by atoms with van der Waals surface area (Å²) >= 11 is 6.29. The molecular formula is C47H58ClN7O6. The molecule has 0 radical (unpaired) electrons. The van der Waals surface area contributed by atoms with Crippen LogP contribution >= 0.6 is 11.6 Å². The van der Waals surface area contributed by atoms with E-state index in [1.54, 1.807) is 25.3 Å². The lowest BCUT2D eigenvalue weighted by molar-refractivity contribution is -0.199. The summed E-state index contributed by atoms with van der Waals surface area (Å²) in [5.41, 5.74) is 1.23. The van der Waals surface area contributed by atoms with Gasteiger partial charge in [0, 0.05) is 73.1 Å². The van der Waals surface area contributed by atoms with Crippen LogP contribution < -0.4 is 15.4 Å². The van der Waals surface area contributed by atoms with Crippen molar-refractivity contribution in [3.05, 3.63) is 70.0 Å². The smallest absolute Gasteiger partial charge is 0.256 e. The lowest BCUT2D eigenvalue weighted by Crippen LogP contribution is -2.74. The maximum absolute atomic E-state index is 13.8. The van der Waals surface area contributed by atoms with Crippen molar-refractivity contribution in [2.45, 2.75) is 129 Å². The van der Waals surface area contributed by atoms with E-state index in [-0.39, 0.29) is 59.7 Å². The number of ether oxygens (including phenoxy) is 2. The van der Waals surface area contributed by atoms with Crippen LogP contribution in [-0.2, 0) is 25.7 Å². The highest BCUT2D eigenvalue weighted by molar-refractivity contribution is 6.31. The number of imide groups is 1. The van der Waals surface area contributed by atoms with Crippen LogP contribution in [0.3, 0.4) is 0 Å². The van der Waals surface area contributed by atoms with Crippen molar-refractivity contribution in [2.24, 2.45) is 16.7 Å². The Kier molecular flexibility index (Phi) is 12.2. The van der Waals surface area contributed by atoms with Gasteiger partial charge in [0.1, 0.15) is 29.7 Å². The van der Waals surface area contributed by atoms with Crippen molar-refractivity contribution in [1.82, 2.24) is 30.3 Å². The molecule has 4 amide bonds. The summed E-state index contributed by atoms with van der Waals surface area (Å²) in [5.74, 6) is 6.36. The summed E-state index contributed by atoms with van der Waals surface area (Å²) in [5, 5.41) is 14.7. The summed E-state index contributed by atoms with van der Waals surface area (Å²) < 4.78 is 12.3. The van der Waals surface area contributed by atoms with E-state index >= 15 is 0 Å². The predicted molar refractivity (Wildman–Crippen MR) is 230 cm³/mol. The van der Waals surface area contributed by atoms with Gasteiger partial charge >= 0.3 is 0 Å². The van der Waals surface area contributed by atoms with Crippen molar-refractivity contribution >= 4 is 35.2 Å². The van der Waals surface area contributed by atoms with Crippen molar-refractivity contribution in [2.75, 3.05) is 27.2 Å². The first kappa shape index (κ1) is 44.3. The van der Waals surface area contributed by atoms with Gasteiger partial charge in [-0.05, 0) is 83.2 Å². The number of hydrogen-bond donors (Lipinski definition) is 2. The first-order valence-corrected chi connectivity index (χ1v) is 21.7. The molecule has 1 aromatic heterocycles. The van der Waals surface area contributed by atoms with Gasteiger partial charge in [0.25, 0.3) is 5.91 Å². The van der Waals surface area contributed by atoms with Crippen LogP contribution in [0, 0.1) is 39.9 Å². The molecule has 2 aliphatic carbocycles. The van der Waals surface area contributed by atoms with Gasteiger partial charge in [-0.15, -0.1) is 0 Å². The molecule has 61 heavy (non-hydrogen) atoms. The maximum Gasteiger partial charge on any atom is 0.256 e. The molecular weight excluding hydrogens is 794 g/mol. The zero-order chi connectivity index (χ0) is 44.2. The number of nitriles is 1. The number of carbonyl (C=O) groups is 4. The number of fused-ring (bicyclic) bond motifs is 1. The Balaban J connectivity index is 0.912. The fourth-order valence-corrected chi connectivity index (χ4v) is 11.2. The zero-order valence-electron chi connectivity index (χ0n) is 36.6. The molecule has 3 atom stereocenters. The number of rotatable bonds is 11. The number of amides is 4. The Hall–Kier alpha value is -4.79. The fourth-order valence-electron chi connectivity index (χ4n) is 11.0. The quantitative estimate of drug-likeness (QED) is 0.174. The van der Waals surface area contributed by atoms with E-state index in [1.807, 2.05) is 30.9 Å².